The quantitative estimate of drug-likeness (QED) is 0.707. The van der Waals surface area contributed by atoms with Gasteiger partial charge in [-0.15, -0.1) is 0 Å². The van der Waals surface area contributed by atoms with Crippen molar-refractivity contribution in [1.29, 1.82) is 5.26 Å². The fourth-order valence-electron chi connectivity index (χ4n) is 4.58. The average molecular weight is 467 g/mol. The molecule has 2 aliphatic rings. The summed E-state index contributed by atoms with van der Waals surface area (Å²) < 4.78 is 28.0. The predicted molar refractivity (Wildman–Crippen MR) is 127 cm³/mol. The molecule has 0 unspecified atom stereocenters. The van der Waals surface area contributed by atoms with Crippen LogP contribution in [0.15, 0.2) is 47.4 Å². The van der Waals surface area contributed by atoms with Gasteiger partial charge >= 0.3 is 0 Å². The minimum Gasteiger partial charge on any atom is -0.370 e. The molecule has 1 amide bonds. The van der Waals surface area contributed by atoms with Crippen molar-refractivity contribution in [3.63, 3.8) is 0 Å². The van der Waals surface area contributed by atoms with E-state index >= 15 is 0 Å². The molecule has 0 atom stereocenters. The smallest absolute Gasteiger partial charge is 0.240 e. The number of benzene rings is 2. The largest absolute Gasteiger partial charge is 0.370 e. The second kappa shape index (κ2) is 10.4. The van der Waals surface area contributed by atoms with E-state index in [0.29, 0.717) is 25.2 Å². The summed E-state index contributed by atoms with van der Waals surface area (Å²) in [5.74, 6) is -0.0372. The van der Waals surface area contributed by atoms with Gasteiger partial charge in [0, 0.05) is 44.8 Å². The summed E-state index contributed by atoms with van der Waals surface area (Å²) in [5.41, 5.74) is 4.03. The van der Waals surface area contributed by atoms with Crippen LogP contribution in [0.3, 0.4) is 0 Å². The average Bonchev–Trinajstić information content (AvgIpc) is 3.10. The van der Waals surface area contributed by atoms with Crippen LogP contribution in [-0.4, -0.2) is 51.9 Å². The first-order chi connectivity index (χ1) is 16.0. The van der Waals surface area contributed by atoms with E-state index < -0.39 is 10.0 Å². The van der Waals surface area contributed by atoms with Crippen LogP contribution in [0.25, 0.3) is 0 Å². The standard InChI is InChI=1S/C25H30N4O3S/c26-19-20-6-9-23(10-7-20)28-14-3-15-29(17-16-28)25(30)12-13-27-33(31,32)24-11-8-21-4-1-2-5-22(21)18-24/h6-11,18,27H,1-5,12-17H2. The molecule has 1 aliphatic heterocycles. The van der Waals surface area contributed by atoms with Crippen molar-refractivity contribution >= 4 is 21.6 Å². The molecular formula is C25H30N4O3S. The van der Waals surface area contributed by atoms with Crippen molar-refractivity contribution in [1.82, 2.24) is 9.62 Å². The van der Waals surface area contributed by atoms with E-state index in [1.165, 1.54) is 5.56 Å². The highest BCUT2D eigenvalue weighted by molar-refractivity contribution is 7.89. The third kappa shape index (κ3) is 5.73. The Morgan fingerprint density at radius 3 is 2.45 bits per heavy atom. The van der Waals surface area contributed by atoms with Crippen LogP contribution in [0.2, 0.25) is 0 Å². The van der Waals surface area contributed by atoms with Crippen molar-refractivity contribution in [2.24, 2.45) is 0 Å². The van der Waals surface area contributed by atoms with Crippen molar-refractivity contribution < 1.29 is 13.2 Å². The van der Waals surface area contributed by atoms with Crippen molar-refractivity contribution in [3.8, 4) is 6.07 Å². The molecule has 1 saturated heterocycles. The van der Waals surface area contributed by atoms with Crippen LogP contribution in [-0.2, 0) is 27.7 Å². The van der Waals surface area contributed by atoms with Gasteiger partial charge in [0.25, 0.3) is 0 Å². The van der Waals surface area contributed by atoms with Gasteiger partial charge in [0.1, 0.15) is 0 Å². The Hall–Kier alpha value is -2.89. The van der Waals surface area contributed by atoms with Crippen LogP contribution in [0.5, 0.6) is 0 Å². The van der Waals surface area contributed by atoms with Crippen molar-refractivity contribution in [3.05, 3.63) is 59.2 Å². The van der Waals surface area contributed by atoms with Crippen LogP contribution in [0.1, 0.15) is 42.4 Å². The number of hydrogen-bond acceptors (Lipinski definition) is 5. The second-order valence-electron chi connectivity index (χ2n) is 8.67. The molecule has 2 aromatic carbocycles. The summed E-state index contributed by atoms with van der Waals surface area (Å²) in [7, 11) is -3.63. The Bertz CT molecular complexity index is 1140. The van der Waals surface area contributed by atoms with E-state index in [4.69, 9.17) is 5.26 Å². The van der Waals surface area contributed by atoms with Crippen molar-refractivity contribution in [2.45, 2.75) is 43.4 Å². The zero-order chi connectivity index (χ0) is 23.3. The first-order valence-electron chi connectivity index (χ1n) is 11.6. The molecule has 1 heterocycles. The van der Waals surface area contributed by atoms with E-state index in [0.717, 1.165) is 49.9 Å². The molecule has 0 spiro atoms. The van der Waals surface area contributed by atoms with Crippen LogP contribution in [0.4, 0.5) is 5.69 Å². The maximum Gasteiger partial charge on any atom is 0.240 e. The normalized spacial score (nSPS) is 16.6. The lowest BCUT2D eigenvalue weighted by Crippen LogP contribution is -2.37. The van der Waals surface area contributed by atoms with Gasteiger partial charge in [-0.25, -0.2) is 13.1 Å². The van der Waals surface area contributed by atoms with Crippen LogP contribution in [0, 0.1) is 11.3 Å². The van der Waals surface area contributed by atoms with E-state index in [1.807, 2.05) is 23.1 Å². The number of carbonyl (C=O) groups is 1. The van der Waals surface area contributed by atoms with Gasteiger partial charge in [0.05, 0.1) is 16.5 Å². The topological polar surface area (TPSA) is 93.5 Å². The van der Waals surface area contributed by atoms with E-state index in [9.17, 15) is 13.2 Å². The van der Waals surface area contributed by atoms with Gasteiger partial charge in [-0.2, -0.15) is 5.26 Å². The lowest BCUT2D eigenvalue weighted by Gasteiger charge is -2.24. The third-order valence-corrected chi connectivity index (χ3v) is 7.93. The summed E-state index contributed by atoms with van der Waals surface area (Å²) >= 11 is 0. The molecule has 0 radical (unpaired) electrons. The van der Waals surface area contributed by atoms with E-state index in [2.05, 4.69) is 15.7 Å². The Morgan fingerprint density at radius 1 is 0.939 bits per heavy atom. The van der Waals surface area contributed by atoms with E-state index in [-0.39, 0.29) is 23.8 Å². The SMILES string of the molecule is N#Cc1ccc(N2CCCN(C(=O)CCNS(=O)(=O)c3ccc4c(c3)CCCC4)CC2)cc1. The number of nitrogens with zero attached hydrogens (tertiary/aromatic N) is 3. The summed E-state index contributed by atoms with van der Waals surface area (Å²) in [6.07, 6.45) is 5.16. The zero-order valence-corrected chi connectivity index (χ0v) is 19.6. The van der Waals surface area contributed by atoms with Gasteiger partial charge in [-0.1, -0.05) is 6.07 Å². The highest BCUT2D eigenvalue weighted by Gasteiger charge is 2.21. The number of aryl methyl sites for hydroxylation is 2. The molecular weight excluding hydrogens is 436 g/mol. The van der Waals surface area contributed by atoms with E-state index in [1.54, 1.807) is 24.3 Å². The predicted octanol–water partition coefficient (Wildman–Crippen LogP) is 2.84. The number of nitrogens with one attached hydrogen (secondary N) is 1. The first kappa shape index (κ1) is 23.3. The maximum absolute atomic E-state index is 12.7. The number of fused-ring (bicyclic) bond motifs is 1. The maximum atomic E-state index is 12.7. The molecule has 0 saturated carbocycles. The summed E-state index contributed by atoms with van der Waals surface area (Å²) in [6, 6.07) is 15.0. The highest BCUT2D eigenvalue weighted by Crippen LogP contribution is 2.24. The molecule has 33 heavy (non-hydrogen) atoms. The minimum atomic E-state index is -3.63. The lowest BCUT2D eigenvalue weighted by molar-refractivity contribution is -0.130. The van der Waals surface area contributed by atoms with Crippen molar-refractivity contribution in [2.75, 3.05) is 37.6 Å². The fourth-order valence-corrected chi connectivity index (χ4v) is 5.66. The second-order valence-corrected chi connectivity index (χ2v) is 10.4. The van der Waals surface area contributed by atoms with Gasteiger partial charge < -0.3 is 9.80 Å². The molecule has 8 heteroatoms. The minimum absolute atomic E-state index is 0.0372. The Labute approximate surface area is 196 Å². The molecule has 1 N–H and O–H groups in total. The summed E-state index contributed by atoms with van der Waals surface area (Å²) in [5, 5.41) is 8.96. The van der Waals surface area contributed by atoms with Gasteiger partial charge in [-0.05, 0) is 79.6 Å². The molecule has 4 rings (SSSR count). The summed E-state index contributed by atoms with van der Waals surface area (Å²) in [4.78, 5) is 17.0. The molecule has 174 valence electrons. The highest BCUT2D eigenvalue weighted by atomic mass is 32.2. The molecule has 0 bridgehead atoms. The first-order valence-corrected chi connectivity index (χ1v) is 13.1. The number of anilines is 1. The Morgan fingerprint density at radius 2 is 1.70 bits per heavy atom. The lowest BCUT2D eigenvalue weighted by atomic mass is 9.92. The number of amides is 1. The molecule has 7 nitrogen and oxygen atoms in total. The number of rotatable bonds is 6. The van der Waals surface area contributed by atoms with Crippen LogP contribution < -0.4 is 9.62 Å². The zero-order valence-electron chi connectivity index (χ0n) is 18.8. The van der Waals surface area contributed by atoms with Gasteiger partial charge in [0.15, 0.2) is 0 Å². The number of carbonyl (C=O) groups excluding carboxylic acids is 1. The summed E-state index contributed by atoms with van der Waals surface area (Å²) in [6.45, 7) is 2.88. The molecule has 1 fully saturated rings. The van der Waals surface area contributed by atoms with Gasteiger partial charge in [0.2, 0.25) is 15.9 Å². The number of hydrogen-bond donors (Lipinski definition) is 1. The van der Waals surface area contributed by atoms with Gasteiger partial charge in [-0.3, -0.25) is 4.79 Å². The Balaban J connectivity index is 1.28. The fraction of sp³-hybridized carbons (Fsp3) is 0.440. The Kier molecular flexibility index (Phi) is 7.31. The molecule has 2 aromatic rings. The number of nitriles is 1. The monoisotopic (exact) mass is 466 g/mol. The van der Waals surface area contributed by atoms with Crippen LogP contribution >= 0.6 is 0 Å². The third-order valence-electron chi connectivity index (χ3n) is 6.47. The number of sulfonamides is 1. The molecule has 1 aliphatic carbocycles. The molecule has 0 aromatic heterocycles.